The van der Waals surface area contributed by atoms with Crippen molar-refractivity contribution in [3.05, 3.63) is 16.1 Å². The topological polar surface area (TPSA) is 50.4 Å². The van der Waals surface area contributed by atoms with Crippen molar-refractivity contribution in [3.8, 4) is 0 Å². The van der Waals surface area contributed by atoms with E-state index in [4.69, 9.17) is 9.84 Å². The molecule has 0 amide bonds. The normalized spacial score (nSPS) is 24.9. The van der Waals surface area contributed by atoms with Crippen LogP contribution in [0.4, 0.5) is 0 Å². The summed E-state index contributed by atoms with van der Waals surface area (Å²) in [5, 5.41) is 9.06. The number of esters is 1. The smallest absolute Gasteiger partial charge is 0.373 e. The molecule has 1 fully saturated rings. The first-order chi connectivity index (χ1) is 10.9. The molecule has 0 unspecified atom stereocenters. The van der Waals surface area contributed by atoms with Gasteiger partial charge < -0.3 is 9.84 Å². The third kappa shape index (κ3) is 4.77. The Labute approximate surface area is 143 Å². The van der Waals surface area contributed by atoms with Crippen molar-refractivity contribution < 1.29 is 19.2 Å². The maximum atomic E-state index is 12.4. The SMILES string of the molecule is Cc1c(CCO)sc[n+]1CC(=O)O[C@H]1C[C@@H](C)CC[C@H]1C(C)C. The minimum Gasteiger partial charge on any atom is -0.457 e. The summed E-state index contributed by atoms with van der Waals surface area (Å²) in [6.07, 6.45) is 4.08. The van der Waals surface area contributed by atoms with Crippen LogP contribution in [0.3, 0.4) is 0 Å². The number of carbonyl (C=O) groups is 1. The first-order valence-electron chi connectivity index (χ1n) is 8.69. The highest BCUT2D eigenvalue weighted by Gasteiger charge is 2.34. The van der Waals surface area contributed by atoms with Crippen molar-refractivity contribution in [1.82, 2.24) is 0 Å². The van der Waals surface area contributed by atoms with E-state index in [-0.39, 0.29) is 25.2 Å². The Bertz CT molecular complexity index is 526. The van der Waals surface area contributed by atoms with Gasteiger partial charge in [-0.15, -0.1) is 0 Å². The van der Waals surface area contributed by atoms with Crippen LogP contribution in [0.25, 0.3) is 0 Å². The van der Waals surface area contributed by atoms with E-state index in [1.807, 2.05) is 17.0 Å². The zero-order chi connectivity index (χ0) is 17.0. The van der Waals surface area contributed by atoms with Crippen LogP contribution in [0.2, 0.25) is 0 Å². The minimum atomic E-state index is -0.142. The number of aliphatic hydroxyl groups excluding tert-OH is 1. The monoisotopic (exact) mass is 340 g/mol. The molecule has 1 aromatic heterocycles. The number of hydrogen-bond donors (Lipinski definition) is 1. The van der Waals surface area contributed by atoms with Gasteiger partial charge in [0.1, 0.15) is 6.10 Å². The fraction of sp³-hybridized carbons (Fsp3) is 0.778. The predicted molar refractivity (Wildman–Crippen MR) is 91.3 cm³/mol. The molecule has 1 aliphatic carbocycles. The summed E-state index contributed by atoms with van der Waals surface area (Å²) >= 11 is 1.59. The Morgan fingerprint density at radius 1 is 1.48 bits per heavy atom. The lowest BCUT2D eigenvalue weighted by molar-refractivity contribution is -0.687. The van der Waals surface area contributed by atoms with Crippen molar-refractivity contribution in [3.63, 3.8) is 0 Å². The molecule has 0 saturated heterocycles. The molecule has 4 nitrogen and oxygen atoms in total. The van der Waals surface area contributed by atoms with Crippen molar-refractivity contribution >= 4 is 17.3 Å². The number of thiazole rings is 1. The number of rotatable bonds is 6. The third-order valence-corrected chi connectivity index (χ3v) is 6.18. The van der Waals surface area contributed by atoms with Crippen LogP contribution in [-0.2, 0) is 22.5 Å². The first kappa shape index (κ1) is 18.4. The zero-order valence-electron chi connectivity index (χ0n) is 14.7. The molecular formula is C18H30NO3S+. The Kier molecular flexibility index (Phi) is 6.60. The molecule has 5 heteroatoms. The molecule has 0 bridgehead atoms. The van der Waals surface area contributed by atoms with E-state index in [1.165, 1.54) is 6.42 Å². The standard InChI is InChI=1S/C18H30NO3S/c1-12(2)15-6-5-13(3)9-16(15)22-18(21)10-19-11-23-17(7-8-20)14(19)4/h11-13,15-16,20H,5-10H2,1-4H3/q+1/t13-,15-,16-/m0/s1. The van der Waals surface area contributed by atoms with Gasteiger partial charge in [0, 0.05) is 20.0 Å². The fourth-order valence-corrected chi connectivity index (χ4v) is 4.53. The average molecular weight is 341 g/mol. The highest BCUT2D eigenvalue weighted by molar-refractivity contribution is 7.09. The molecule has 0 aliphatic heterocycles. The summed E-state index contributed by atoms with van der Waals surface area (Å²) in [6, 6.07) is 0. The second-order valence-electron chi connectivity index (χ2n) is 7.19. The molecule has 1 saturated carbocycles. The summed E-state index contributed by atoms with van der Waals surface area (Å²) < 4.78 is 7.80. The Balaban J connectivity index is 1.97. The molecule has 0 radical (unpaired) electrons. The largest absolute Gasteiger partial charge is 0.457 e. The van der Waals surface area contributed by atoms with Gasteiger partial charge in [-0.05, 0) is 30.6 Å². The maximum absolute atomic E-state index is 12.4. The number of nitrogens with zero attached hydrogens (tertiary/aromatic N) is 1. The van der Waals surface area contributed by atoms with Gasteiger partial charge in [0.25, 0.3) is 0 Å². The summed E-state index contributed by atoms with van der Waals surface area (Å²) in [5.74, 6) is 1.52. The van der Waals surface area contributed by atoms with E-state index in [0.717, 1.165) is 23.4 Å². The number of aliphatic hydroxyl groups is 1. The van der Waals surface area contributed by atoms with Gasteiger partial charge in [-0.2, -0.15) is 4.57 Å². The molecule has 1 N–H and O–H groups in total. The van der Waals surface area contributed by atoms with Crippen LogP contribution in [0.1, 0.15) is 50.6 Å². The predicted octanol–water partition coefficient (Wildman–Crippen LogP) is 2.88. The van der Waals surface area contributed by atoms with Crippen molar-refractivity contribution in [2.45, 2.75) is 66.0 Å². The third-order valence-electron chi connectivity index (χ3n) is 5.04. The van der Waals surface area contributed by atoms with E-state index in [0.29, 0.717) is 24.2 Å². The lowest BCUT2D eigenvalue weighted by atomic mass is 9.75. The Morgan fingerprint density at radius 3 is 2.87 bits per heavy atom. The molecule has 1 aliphatic rings. The highest BCUT2D eigenvalue weighted by atomic mass is 32.1. The van der Waals surface area contributed by atoms with E-state index in [9.17, 15) is 4.79 Å². The van der Waals surface area contributed by atoms with Crippen molar-refractivity contribution in [1.29, 1.82) is 0 Å². The lowest BCUT2D eigenvalue weighted by Gasteiger charge is -2.36. The molecule has 3 atom stereocenters. The van der Waals surface area contributed by atoms with Crippen LogP contribution in [-0.4, -0.2) is 23.8 Å². The van der Waals surface area contributed by atoms with Gasteiger partial charge >= 0.3 is 5.97 Å². The van der Waals surface area contributed by atoms with Crippen LogP contribution in [0.15, 0.2) is 5.51 Å². The molecular weight excluding hydrogens is 310 g/mol. The molecule has 130 valence electrons. The Morgan fingerprint density at radius 2 is 2.22 bits per heavy atom. The molecule has 0 spiro atoms. The van der Waals surface area contributed by atoms with Crippen LogP contribution >= 0.6 is 11.3 Å². The number of hydrogen-bond acceptors (Lipinski definition) is 4. The fourth-order valence-electron chi connectivity index (χ4n) is 3.54. The first-order valence-corrected chi connectivity index (χ1v) is 9.57. The minimum absolute atomic E-state index is 0.0581. The molecule has 1 aromatic rings. The van der Waals surface area contributed by atoms with Crippen LogP contribution in [0.5, 0.6) is 0 Å². The molecule has 2 rings (SSSR count). The number of ether oxygens (including phenoxy) is 1. The van der Waals surface area contributed by atoms with Crippen molar-refractivity contribution in [2.75, 3.05) is 6.61 Å². The van der Waals surface area contributed by atoms with E-state index < -0.39 is 0 Å². The second-order valence-corrected chi connectivity index (χ2v) is 8.13. The second kappa shape index (κ2) is 8.25. The molecule has 0 aromatic carbocycles. The Hall–Kier alpha value is -0.940. The van der Waals surface area contributed by atoms with Gasteiger partial charge in [-0.25, -0.2) is 4.79 Å². The lowest BCUT2D eigenvalue weighted by Crippen LogP contribution is -2.43. The maximum Gasteiger partial charge on any atom is 0.373 e. The molecule has 23 heavy (non-hydrogen) atoms. The van der Waals surface area contributed by atoms with E-state index in [2.05, 4.69) is 20.8 Å². The zero-order valence-corrected chi connectivity index (χ0v) is 15.6. The van der Waals surface area contributed by atoms with Gasteiger partial charge in [0.15, 0.2) is 5.69 Å². The van der Waals surface area contributed by atoms with Gasteiger partial charge in [0.2, 0.25) is 12.1 Å². The summed E-state index contributed by atoms with van der Waals surface area (Å²) in [6.45, 7) is 9.09. The van der Waals surface area contributed by atoms with E-state index >= 15 is 0 Å². The summed E-state index contributed by atoms with van der Waals surface area (Å²) in [5.41, 5.74) is 3.00. The van der Waals surface area contributed by atoms with Gasteiger partial charge in [0.05, 0.1) is 4.88 Å². The average Bonchev–Trinajstić information content (AvgIpc) is 2.80. The summed E-state index contributed by atoms with van der Waals surface area (Å²) in [7, 11) is 0. The molecule has 1 heterocycles. The van der Waals surface area contributed by atoms with Crippen LogP contribution < -0.4 is 4.57 Å². The van der Waals surface area contributed by atoms with Gasteiger partial charge in [-0.3, -0.25) is 0 Å². The van der Waals surface area contributed by atoms with Crippen molar-refractivity contribution in [2.24, 2.45) is 17.8 Å². The number of carbonyl (C=O) groups excluding carboxylic acids is 1. The van der Waals surface area contributed by atoms with Gasteiger partial charge in [-0.1, -0.05) is 38.5 Å². The number of aromatic nitrogens is 1. The summed E-state index contributed by atoms with van der Waals surface area (Å²) in [4.78, 5) is 13.5. The quantitative estimate of drug-likeness (QED) is 0.640. The van der Waals surface area contributed by atoms with E-state index in [1.54, 1.807) is 11.3 Å². The van der Waals surface area contributed by atoms with Crippen LogP contribution in [0, 0.1) is 24.7 Å². The highest BCUT2D eigenvalue weighted by Crippen LogP contribution is 2.35.